The third kappa shape index (κ3) is 4.63. The number of ether oxygens (including phenoxy) is 2. The monoisotopic (exact) mass is 716 g/mol. The summed E-state index contributed by atoms with van der Waals surface area (Å²) in [5, 5.41) is 12.1. The highest BCUT2D eigenvalue weighted by Gasteiger charge is 2.50. The van der Waals surface area contributed by atoms with Crippen LogP contribution in [0.2, 0.25) is 0 Å². The van der Waals surface area contributed by atoms with Crippen molar-refractivity contribution in [1.82, 2.24) is 0 Å². The van der Waals surface area contributed by atoms with Gasteiger partial charge in [-0.15, -0.1) is 0 Å². The van der Waals surface area contributed by atoms with E-state index in [1.54, 1.807) is 6.07 Å². The third-order valence-electron chi connectivity index (χ3n) is 4.17. The van der Waals surface area contributed by atoms with E-state index in [-0.39, 0.29) is 6.10 Å². The molecule has 0 aromatic heterocycles. The minimum atomic E-state index is -3.77. The first-order valence-corrected chi connectivity index (χ1v) is 12.6. The fraction of sp³-hybridized carbons (Fsp3) is 0.467. The zero-order valence-electron chi connectivity index (χ0n) is 13.3. The molecule has 26 heavy (non-hydrogen) atoms. The van der Waals surface area contributed by atoms with Crippen LogP contribution in [0.15, 0.2) is 16.5 Å². The first-order valence-electron chi connectivity index (χ1n) is 7.53. The zero-order chi connectivity index (χ0) is 19.2. The van der Waals surface area contributed by atoms with Gasteiger partial charge in [-0.25, -0.2) is 13.2 Å². The highest BCUT2D eigenvalue weighted by molar-refractivity contribution is 14.1. The number of hydrogen-bond donors (Lipinski definition) is 0. The third-order valence-corrected chi connectivity index (χ3v) is 8.35. The number of benzene rings is 1. The molecule has 0 amide bonds. The second-order valence-corrected chi connectivity index (χ2v) is 11.3. The number of fused-ring (bicyclic) bond motifs is 2. The molecule has 0 spiro atoms. The number of esters is 1. The Morgan fingerprint density at radius 2 is 2.00 bits per heavy atom. The summed E-state index contributed by atoms with van der Waals surface area (Å²) in [5.41, 5.74) is 0.466. The van der Waals surface area contributed by atoms with E-state index >= 15 is 0 Å². The number of hydrogen-bond acceptors (Lipinski definition) is 6. The first-order chi connectivity index (χ1) is 12.0. The standard InChI is InChI=1S/C15H14I3NO6S/c1-26(22,23)19-14(20)9-4-7-5-11(13(9)24-7)25-15(21)8-2-6(16)3-10(17)12(8)18/h2-3,7,9,11,13H,4-5H2,1H3,(H,19,20)/p-1. The zero-order valence-corrected chi connectivity index (χ0v) is 20.6. The van der Waals surface area contributed by atoms with Crippen LogP contribution in [0.3, 0.4) is 0 Å². The van der Waals surface area contributed by atoms with Crippen molar-refractivity contribution in [1.29, 1.82) is 0 Å². The smallest absolute Gasteiger partial charge is 0.339 e. The molecular weight excluding hydrogens is 703 g/mol. The molecule has 2 aliphatic rings. The number of halogens is 3. The predicted octanol–water partition coefficient (Wildman–Crippen LogP) is 1.92. The molecular formula is C15H13I3NO6S-. The Labute approximate surface area is 191 Å². The minimum Gasteiger partial charge on any atom is -0.861 e. The summed E-state index contributed by atoms with van der Waals surface area (Å²) in [7, 11) is -3.77. The SMILES string of the molecule is CS(=O)(=O)/N=C(/[O-])C1CC2CC(OC(=O)c3cc(I)cc(I)c3I)C1O2. The summed E-state index contributed by atoms with van der Waals surface area (Å²) in [4.78, 5) is 12.6. The van der Waals surface area contributed by atoms with Crippen molar-refractivity contribution < 1.29 is 27.8 Å². The van der Waals surface area contributed by atoms with Crippen molar-refractivity contribution in [3.8, 4) is 0 Å². The Balaban J connectivity index is 1.78. The van der Waals surface area contributed by atoms with Crippen molar-refractivity contribution in [2.75, 3.05) is 6.26 Å². The van der Waals surface area contributed by atoms with E-state index in [2.05, 4.69) is 72.2 Å². The van der Waals surface area contributed by atoms with Gasteiger partial charge < -0.3 is 14.6 Å². The quantitative estimate of drug-likeness (QED) is 0.155. The molecule has 1 aromatic rings. The number of nitrogens with zero attached hydrogens (tertiary/aromatic N) is 1. The van der Waals surface area contributed by atoms with Gasteiger partial charge in [-0.1, -0.05) is 0 Å². The number of carbonyl (C=O) groups is 1. The molecule has 2 aliphatic heterocycles. The lowest BCUT2D eigenvalue weighted by molar-refractivity contribution is -0.225. The summed E-state index contributed by atoms with van der Waals surface area (Å²) in [6.07, 6.45) is 0.303. The maximum Gasteiger partial charge on any atom is 0.339 e. The van der Waals surface area contributed by atoms with Crippen LogP contribution in [-0.2, 0) is 19.5 Å². The minimum absolute atomic E-state index is 0.225. The van der Waals surface area contributed by atoms with Crippen LogP contribution >= 0.6 is 67.8 Å². The van der Waals surface area contributed by atoms with Gasteiger partial charge in [-0.3, -0.25) is 0 Å². The first kappa shape index (κ1) is 21.0. The van der Waals surface area contributed by atoms with Gasteiger partial charge >= 0.3 is 5.97 Å². The molecule has 7 nitrogen and oxygen atoms in total. The lowest BCUT2D eigenvalue weighted by Crippen LogP contribution is -2.42. The van der Waals surface area contributed by atoms with E-state index in [0.717, 1.165) is 17.0 Å². The maximum atomic E-state index is 12.6. The molecule has 1 aromatic carbocycles. The Morgan fingerprint density at radius 3 is 2.62 bits per heavy atom. The van der Waals surface area contributed by atoms with E-state index in [1.807, 2.05) is 6.07 Å². The Bertz CT molecular complexity index is 888. The number of carbonyl (C=O) groups excluding carboxylic acids is 1. The lowest BCUT2D eigenvalue weighted by Gasteiger charge is -2.29. The highest BCUT2D eigenvalue weighted by Crippen LogP contribution is 2.41. The number of rotatable bonds is 4. The molecule has 4 atom stereocenters. The Kier molecular flexibility index (Phi) is 6.41. The summed E-state index contributed by atoms with van der Waals surface area (Å²) in [6.45, 7) is 0. The van der Waals surface area contributed by atoms with Gasteiger partial charge in [0.2, 0.25) is 10.0 Å². The molecule has 4 unspecified atom stereocenters. The van der Waals surface area contributed by atoms with Crippen LogP contribution in [0.5, 0.6) is 0 Å². The molecule has 142 valence electrons. The predicted molar refractivity (Wildman–Crippen MR) is 117 cm³/mol. The van der Waals surface area contributed by atoms with E-state index in [4.69, 9.17) is 9.47 Å². The van der Waals surface area contributed by atoms with E-state index in [9.17, 15) is 18.3 Å². The molecule has 2 fully saturated rings. The van der Waals surface area contributed by atoms with E-state index < -0.39 is 40.0 Å². The van der Waals surface area contributed by atoms with Gasteiger partial charge in [0.15, 0.2) is 0 Å². The largest absolute Gasteiger partial charge is 0.861 e. The average Bonchev–Trinajstić information content (AvgIpc) is 3.09. The molecule has 0 saturated carbocycles. The Morgan fingerprint density at radius 1 is 1.31 bits per heavy atom. The molecule has 0 radical (unpaired) electrons. The fourth-order valence-corrected chi connectivity index (χ4v) is 6.01. The van der Waals surface area contributed by atoms with Gasteiger partial charge in [-0.05, 0) is 92.2 Å². The van der Waals surface area contributed by atoms with Gasteiger partial charge in [0.05, 0.1) is 17.9 Å². The molecule has 2 saturated heterocycles. The topological polar surface area (TPSA) is 105 Å². The normalized spacial score (nSPS) is 28.4. The van der Waals surface area contributed by atoms with Crippen LogP contribution in [0.1, 0.15) is 23.2 Å². The maximum absolute atomic E-state index is 12.6. The second-order valence-electron chi connectivity index (χ2n) is 6.16. The van der Waals surface area contributed by atoms with Crippen LogP contribution in [0, 0.1) is 16.6 Å². The van der Waals surface area contributed by atoms with Crippen molar-refractivity contribution in [2.24, 2.45) is 10.3 Å². The summed E-state index contributed by atoms with van der Waals surface area (Å²) in [6, 6.07) is 3.71. The van der Waals surface area contributed by atoms with Crippen molar-refractivity contribution in [3.05, 3.63) is 28.4 Å². The van der Waals surface area contributed by atoms with E-state index in [0.29, 0.717) is 18.4 Å². The molecule has 0 N–H and O–H groups in total. The highest BCUT2D eigenvalue weighted by atomic mass is 127. The Hall–Kier alpha value is 0.260. The van der Waals surface area contributed by atoms with Gasteiger partial charge in [-0.2, -0.15) is 4.40 Å². The second kappa shape index (κ2) is 7.94. The van der Waals surface area contributed by atoms with Crippen LogP contribution in [-0.4, -0.2) is 44.9 Å². The molecule has 2 bridgehead atoms. The lowest BCUT2D eigenvalue weighted by atomic mass is 9.87. The summed E-state index contributed by atoms with van der Waals surface area (Å²) in [5.74, 6) is -1.91. The van der Waals surface area contributed by atoms with E-state index in [1.165, 1.54) is 0 Å². The molecule has 0 aliphatic carbocycles. The van der Waals surface area contributed by atoms with Crippen LogP contribution in [0.4, 0.5) is 0 Å². The van der Waals surface area contributed by atoms with Crippen LogP contribution in [0.25, 0.3) is 0 Å². The summed E-state index contributed by atoms with van der Waals surface area (Å²) >= 11 is 6.39. The molecule has 2 heterocycles. The van der Waals surface area contributed by atoms with Crippen molar-refractivity contribution in [2.45, 2.75) is 31.2 Å². The average molecular weight is 716 g/mol. The number of sulfonamides is 1. The van der Waals surface area contributed by atoms with Crippen molar-refractivity contribution in [3.63, 3.8) is 0 Å². The summed E-state index contributed by atoms with van der Waals surface area (Å²) < 4.78 is 39.7. The molecule has 11 heteroatoms. The molecule has 3 rings (SSSR count). The van der Waals surface area contributed by atoms with Crippen molar-refractivity contribution >= 4 is 89.7 Å². The van der Waals surface area contributed by atoms with Gasteiger partial charge in [0, 0.05) is 23.0 Å². The van der Waals surface area contributed by atoms with Gasteiger partial charge in [0.1, 0.15) is 12.2 Å². The fourth-order valence-electron chi connectivity index (χ4n) is 3.17. The van der Waals surface area contributed by atoms with Crippen LogP contribution < -0.4 is 5.11 Å². The van der Waals surface area contributed by atoms with Gasteiger partial charge in [0.25, 0.3) is 0 Å².